The number of hydrogen-bond donors (Lipinski definition) is 1. The summed E-state index contributed by atoms with van der Waals surface area (Å²) in [6, 6.07) is 1.97. The third-order valence-electron chi connectivity index (χ3n) is 3.50. The highest BCUT2D eigenvalue weighted by atomic mass is 79.9. The molecule has 1 aromatic rings. The van der Waals surface area contributed by atoms with Gasteiger partial charge in [-0.2, -0.15) is 0 Å². The molecule has 1 saturated heterocycles. The first-order chi connectivity index (χ1) is 9.88. The fourth-order valence-electron chi connectivity index (χ4n) is 2.32. The molecule has 7 heteroatoms. The van der Waals surface area contributed by atoms with Crippen LogP contribution in [0.5, 0.6) is 0 Å². The molecule has 4 nitrogen and oxygen atoms in total. The lowest BCUT2D eigenvalue weighted by Crippen LogP contribution is -2.47. The third kappa shape index (κ3) is 4.29. The first-order valence-corrected chi connectivity index (χ1v) is 9.33. The van der Waals surface area contributed by atoms with E-state index in [1.54, 1.807) is 0 Å². The van der Waals surface area contributed by atoms with Crippen LogP contribution in [0.25, 0.3) is 0 Å². The van der Waals surface area contributed by atoms with E-state index >= 15 is 0 Å². The number of amides is 2. The lowest BCUT2D eigenvalue weighted by atomic mass is 10.0. The Balaban J connectivity index is 1.86. The van der Waals surface area contributed by atoms with Crippen LogP contribution in [0.4, 0.5) is 0 Å². The van der Waals surface area contributed by atoms with Crippen molar-refractivity contribution in [2.45, 2.75) is 32.7 Å². The van der Waals surface area contributed by atoms with Crippen LogP contribution in [0, 0.1) is 5.92 Å². The van der Waals surface area contributed by atoms with Crippen molar-refractivity contribution in [3.8, 4) is 0 Å². The second-order valence-corrected chi connectivity index (χ2v) is 8.68. The molecule has 116 valence electrons. The van der Waals surface area contributed by atoms with Crippen LogP contribution in [0.1, 0.15) is 36.4 Å². The number of hydrogen-bond acceptors (Lipinski definition) is 3. The fourth-order valence-corrected chi connectivity index (χ4v) is 4.26. The number of halogens is 2. The first-order valence-electron chi connectivity index (χ1n) is 6.93. The molecule has 0 aromatic carbocycles. The van der Waals surface area contributed by atoms with Gasteiger partial charge in [0.1, 0.15) is 0 Å². The normalized spacial score (nSPS) is 16.3. The van der Waals surface area contributed by atoms with Crippen molar-refractivity contribution < 1.29 is 9.59 Å². The molecular weight excluding hydrogens is 420 g/mol. The topological polar surface area (TPSA) is 49.4 Å². The molecule has 0 unspecified atom stereocenters. The lowest BCUT2D eigenvalue weighted by molar-refractivity contribution is -0.135. The summed E-state index contributed by atoms with van der Waals surface area (Å²) in [4.78, 5) is 26.7. The molecule has 21 heavy (non-hydrogen) atoms. The highest BCUT2D eigenvalue weighted by Gasteiger charge is 2.25. The van der Waals surface area contributed by atoms with Gasteiger partial charge in [-0.15, -0.1) is 11.3 Å². The Morgan fingerprint density at radius 2 is 1.95 bits per heavy atom. The molecular formula is C14H18Br2N2O2S. The van der Waals surface area contributed by atoms with Gasteiger partial charge < -0.3 is 10.2 Å². The summed E-state index contributed by atoms with van der Waals surface area (Å²) in [6.45, 7) is 5.28. The summed E-state index contributed by atoms with van der Waals surface area (Å²) in [5.74, 6) is 0.197. The minimum Gasteiger partial charge on any atom is -0.348 e. The van der Waals surface area contributed by atoms with Crippen molar-refractivity contribution in [2.75, 3.05) is 13.1 Å². The Hall–Kier alpha value is -0.400. The summed E-state index contributed by atoms with van der Waals surface area (Å²) in [5, 5.41) is 3.06. The number of nitrogens with zero attached hydrogens (tertiary/aromatic N) is 1. The quantitative estimate of drug-likeness (QED) is 0.784. The first kappa shape index (κ1) is 17.0. The highest BCUT2D eigenvalue weighted by molar-refractivity contribution is 9.13. The molecule has 1 N–H and O–H groups in total. The summed E-state index contributed by atoms with van der Waals surface area (Å²) < 4.78 is 1.82. The monoisotopic (exact) mass is 436 g/mol. The molecule has 1 aliphatic rings. The van der Waals surface area contributed by atoms with Gasteiger partial charge in [0.25, 0.3) is 5.91 Å². The number of piperidine rings is 1. The second kappa shape index (κ2) is 7.24. The minimum atomic E-state index is -0.0416. The van der Waals surface area contributed by atoms with Crippen molar-refractivity contribution in [1.82, 2.24) is 10.2 Å². The van der Waals surface area contributed by atoms with Crippen LogP contribution in [0.15, 0.2) is 14.3 Å². The van der Waals surface area contributed by atoms with E-state index in [0.717, 1.165) is 34.2 Å². The van der Waals surface area contributed by atoms with Crippen LogP contribution in [-0.4, -0.2) is 35.8 Å². The van der Waals surface area contributed by atoms with Crippen LogP contribution in [0.3, 0.4) is 0 Å². The molecule has 2 rings (SSSR count). The predicted molar refractivity (Wildman–Crippen MR) is 91.6 cm³/mol. The zero-order valence-electron chi connectivity index (χ0n) is 12.0. The van der Waals surface area contributed by atoms with Gasteiger partial charge in [-0.3, -0.25) is 9.59 Å². The molecule has 2 heterocycles. The van der Waals surface area contributed by atoms with Crippen molar-refractivity contribution in [1.29, 1.82) is 0 Å². The number of likely N-dealkylation sites (tertiary alicyclic amines) is 1. The molecule has 0 saturated carbocycles. The highest BCUT2D eigenvalue weighted by Crippen LogP contribution is 2.32. The number of carbonyl (C=O) groups excluding carboxylic acids is 2. The van der Waals surface area contributed by atoms with Gasteiger partial charge in [0.05, 0.1) is 8.66 Å². The van der Waals surface area contributed by atoms with E-state index < -0.39 is 0 Å². The van der Waals surface area contributed by atoms with Crippen molar-refractivity contribution in [2.24, 2.45) is 5.92 Å². The Morgan fingerprint density at radius 1 is 1.33 bits per heavy atom. The number of thiophene rings is 1. The van der Waals surface area contributed by atoms with Gasteiger partial charge in [-0.05, 0) is 50.8 Å². The Morgan fingerprint density at radius 3 is 2.43 bits per heavy atom. The van der Waals surface area contributed by atoms with Crippen LogP contribution in [0.2, 0.25) is 0 Å². The molecule has 1 aliphatic heterocycles. The number of carbonyl (C=O) groups is 2. The van der Waals surface area contributed by atoms with Crippen LogP contribution >= 0.6 is 43.2 Å². The zero-order valence-corrected chi connectivity index (χ0v) is 16.0. The minimum absolute atomic E-state index is 0.0389. The summed E-state index contributed by atoms with van der Waals surface area (Å²) in [5.41, 5.74) is 0. The average Bonchev–Trinajstić information content (AvgIpc) is 2.79. The maximum atomic E-state index is 12.2. The average molecular weight is 438 g/mol. The van der Waals surface area contributed by atoms with Gasteiger partial charge in [0.15, 0.2) is 0 Å². The largest absolute Gasteiger partial charge is 0.348 e. The molecule has 0 bridgehead atoms. The standard InChI is InChI=1S/C14H18Br2N2O2S/c1-8(2)14(20)18-5-3-9(4-6-18)17-13(19)11-7-10(15)12(16)21-11/h7-9H,3-6H2,1-2H3,(H,17,19). The van der Waals surface area contributed by atoms with E-state index in [1.165, 1.54) is 11.3 Å². The molecule has 1 fully saturated rings. The third-order valence-corrected chi connectivity index (χ3v) is 6.76. The summed E-state index contributed by atoms with van der Waals surface area (Å²) >= 11 is 8.19. The molecule has 0 aliphatic carbocycles. The van der Waals surface area contributed by atoms with Gasteiger partial charge in [-0.1, -0.05) is 13.8 Å². The summed E-state index contributed by atoms with van der Waals surface area (Å²) in [7, 11) is 0. The predicted octanol–water partition coefficient (Wildman–Crippen LogP) is 3.65. The smallest absolute Gasteiger partial charge is 0.261 e. The fraction of sp³-hybridized carbons (Fsp3) is 0.571. The van der Waals surface area contributed by atoms with Crippen molar-refractivity contribution in [3.63, 3.8) is 0 Å². The van der Waals surface area contributed by atoms with Crippen molar-refractivity contribution >= 4 is 55.0 Å². The number of nitrogens with one attached hydrogen (secondary N) is 1. The molecule has 0 spiro atoms. The van der Waals surface area contributed by atoms with E-state index in [4.69, 9.17) is 0 Å². The zero-order chi connectivity index (χ0) is 15.6. The Kier molecular flexibility index (Phi) is 5.85. The lowest BCUT2D eigenvalue weighted by Gasteiger charge is -2.33. The van der Waals surface area contributed by atoms with Crippen LogP contribution in [-0.2, 0) is 4.79 Å². The maximum Gasteiger partial charge on any atom is 0.261 e. The van der Waals surface area contributed by atoms with Gasteiger partial charge in [-0.25, -0.2) is 0 Å². The van der Waals surface area contributed by atoms with E-state index in [1.807, 2.05) is 24.8 Å². The SMILES string of the molecule is CC(C)C(=O)N1CCC(NC(=O)c2cc(Br)c(Br)s2)CC1. The summed E-state index contributed by atoms with van der Waals surface area (Å²) in [6.07, 6.45) is 1.63. The Bertz CT molecular complexity index is 518. The molecule has 0 atom stereocenters. The van der Waals surface area contributed by atoms with Gasteiger partial charge >= 0.3 is 0 Å². The van der Waals surface area contributed by atoms with E-state index in [0.29, 0.717) is 4.88 Å². The van der Waals surface area contributed by atoms with Gasteiger partial charge in [0.2, 0.25) is 5.91 Å². The van der Waals surface area contributed by atoms with E-state index in [2.05, 4.69) is 37.2 Å². The second-order valence-electron chi connectivity index (χ2n) is 5.46. The maximum absolute atomic E-state index is 12.2. The van der Waals surface area contributed by atoms with E-state index in [-0.39, 0.29) is 23.8 Å². The molecule has 2 amide bonds. The van der Waals surface area contributed by atoms with E-state index in [9.17, 15) is 9.59 Å². The molecule has 1 aromatic heterocycles. The van der Waals surface area contributed by atoms with Crippen LogP contribution < -0.4 is 5.32 Å². The number of rotatable bonds is 3. The van der Waals surface area contributed by atoms with Crippen molar-refractivity contribution in [3.05, 3.63) is 19.2 Å². The Labute approximate surface area is 145 Å². The molecule has 0 radical (unpaired) electrons. The van der Waals surface area contributed by atoms with Gasteiger partial charge in [0, 0.05) is 29.5 Å².